The molecular formula is C13H20. The van der Waals surface area contributed by atoms with Gasteiger partial charge < -0.3 is 0 Å². The Labute approximate surface area is 81.7 Å². The molecule has 0 unspecified atom stereocenters. The zero-order chi connectivity index (χ0) is 9.64. The third-order valence-electron chi connectivity index (χ3n) is 3.88. The Morgan fingerprint density at radius 1 is 1.46 bits per heavy atom. The normalized spacial score (nSPS) is 37.2. The van der Waals surface area contributed by atoms with Crippen LogP contribution >= 0.6 is 0 Å². The van der Waals surface area contributed by atoms with Crippen molar-refractivity contribution in [2.75, 3.05) is 0 Å². The summed E-state index contributed by atoms with van der Waals surface area (Å²) in [6.45, 7) is 11.4. The molecule has 2 aliphatic carbocycles. The molecule has 0 aliphatic heterocycles. The van der Waals surface area contributed by atoms with E-state index in [0.29, 0.717) is 5.41 Å². The molecule has 0 heteroatoms. The van der Waals surface area contributed by atoms with Crippen molar-refractivity contribution in [3.8, 4) is 0 Å². The van der Waals surface area contributed by atoms with E-state index < -0.39 is 0 Å². The summed E-state index contributed by atoms with van der Waals surface area (Å²) in [6.07, 6.45) is 6.26. The fourth-order valence-corrected chi connectivity index (χ4v) is 3.37. The molecule has 0 nitrogen and oxygen atoms in total. The predicted molar refractivity (Wildman–Crippen MR) is 57.5 cm³/mol. The van der Waals surface area contributed by atoms with Crippen molar-refractivity contribution in [3.63, 3.8) is 0 Å². The zero-order valence-corrected chi connectivity index (χ0v) is 9.06. The van der Waals surface area contributed by atoms with E-state index in [2.05, 4.69) is 33.4 Å². The van der Waals surface area contributed by atoms with Crippen LogP contribution in [0.3, 0.4) is 0 Å². The minimum absolute atomic E-state index is 0.503. The summed E-state index contributed by atoms with van der Waals surface area (Å²) in [7, 11) is 0. The largest absolute Gasteiger partial charge is 0.0955 e. The van der Waals surface area contributed by atoms with Gasteiger partial charge >= 0.3 is 0 Å². The van der Waals surface area contributed by atoms with E-state index in [1.54, 1.807) is 5.57 Å². The average molecular weight is 176 g/mol. The van der Waals surface area contributed by atoms with Gasteiger partial charge in [-0.1, -0.05) is 39.0 Å². The standard InChI is InChI=1S/C13H20/c1-9-8-10(2)12-11(9)6-5-7-13(12,3)4/h6,10,12H,1,5,7-8H2,2-4H3/t10-,12+/m1/s1. The summed E-state index contributed by atoms with van der Waals surface area (Å²) in [5.74, 6) is 1.60. The van der Waals surface area contributed by atoms with Gasteiger partial charge in [0.05, 0.1) is 0 Å². The smallest absolute Gasteiger partial charge is 0.00823 e. The van der Waals surface area contributed by atoms with Gasteiger partial charge in [0.15, 0.2) is 0 Å². The number of fused-ring (bicyclic) bond motifs is 1. The van der Waals surface area contributed by atoms with E-state index in [1.807, 2.05) is 0 Å². The van der Waals surface area contributed by atoms with Crippen molar-refractivity contribution >= 4 is 0 Å². The van der Waals surface area contributed by atoms with Gasteiger partial charge in [-0.15, -0.1) is 0 Å². The summed E-state index contributed by atoms with van der Waals surface area (Å²) in [4.78, 5) is 0. The van der Waals surface area contributed by atoms with Gasteiger partial charge in [0.1, 0.15) is 0 Å². The molecular weight excluding hydrogens is 156 g/mol. The molecule has 2 rings (SSSR count). The van der Waals surface area contributed by atoms with Crippen molar-refractivity contribution < 1.29 is 0 Å². The van der Waals surface area contributed by atoms with Crippen LogP contribution in [-0.2, 0) is 0 Å². The van der Waals surface area contributed by atoms with Crippen molar-refractivity contribution in [1.29, 1.82) is 0 Å². The lowest BCUT2D eigenvalue weighted by molar-refractivity contribution is 0.179. The molecule has 0 N–H and O–H groups in total. The van der Waals surface area contributed by atoms with Gasteiger partial charge in [0.25, 0.3) is 0 Å². The summed E-state index contributed by atoms with van der Waals surface area (Å²) < 4.78 is 0. The first-order valence-electron chi connectivity index (χ1n) is 5.40. The molecule has 1 saturated carbocycles. The first-order valence-corrected chi connectivity index (χ1v) is 5.40. The second-order valence-corrected chi connectivity index (χ2v) is 5.45. The van der Waals surface area contributed by atoms with Crippen LogP contribution in [0.2, 0.25) is 0 Å². The molecule has 0 saturated heterocycles. The van der Waals surface area contributed by atoms with Crippen LogP contribution in [0, 0.1) is 17.3 Å². The van der Waals surface area contributed by atoms with Gasteiger partial charge in [-0.3, -0.25) is 0 Å². The number of hydrogen-bond donors (Lipinski definition) is 0. The molecule has 0 radical (unpaired) electrons. The SMILES string of the molecule is C=C1C[C@@H](C)[C@H]2C1=CCCC2(C)C. The Balaban J connectivity index is 2.40. The molecule has 2 atom stereocenters. The third-order valence-corrected chi connectivity index (χ3v) is 3.88. The maximum atomic E-state index is 4.19. The second kappa shape index (κ2) is 2.73. The molecule has 0 aromatic carbocycles. The minimum Gasteiger partial charge on any atom is -0.0955 e. The summed E-state index contributed by atoms with van der Waals surface area (Å²) in [6, 6.07) is 0. The van der Waals surface area contributed by atoms with Crippen LogP contribution in [0.25, 0.3) is 0 Å². The van der Waals surface area contributed by atoms with Crippen LogP contribution in [0.4, 0.5) is 0 Å². The molecule has 0 bridgehead atoms. The number of rotatable bonds is 0. The highest BCUT2D eigenvalue weighted by molar-refractivity contribution is 5.39. The molecule has 1 fully saturated rings. The van der Waals surface area contributed by atoms with Crippen LogP contribution < -0.4 is 0 Å². The topological polar surface area (TPSA) is 0 Å². The molecule has 72 valence electrons. The second-order valence-electron chi connectivity index (χ2n) is 5.45. The fourth-order valence-electron chi connectivity index (χ4n) is 3.37. The molecule has 0 heterocycles. The minimum atomic E-state index is 0.503. The van der Waals surface area contributed by atoms with Crippen molar-refractivity contribution in [1.82, 2.24) is 0 Å². The highest BCUT2D eigenvalue weighted by Gasteiger charge is 2.42. The van der Waals surface area contributed by atoms with Gasteiger partial charge in [-0.25, -0.2) is 0 Å². The van der Waals surface area contributed by atoms with Gasteiger partial charge in [-0.2, -0.15) is 0 Å². The summed E-state index contributed by atoms with van der Waals surface area (Å²) in [5.41, 5.74) is 3.50. The first-order chi connectivity index (χ1) is 6.02. The lowest BCUT2D eigenvalue weighted by Crippen LogP contribution is -2.29. The van der Waals surface area contributed by atoms with Crippen molar-refractivity contribution in [2.45, 2.75) is 40.0 Å². The van der Waals surface area contributed by atoms with Crippen LogP contribution in [0.1, 0.15) is 40.0 Å². The van der Waals surface area contributed by atoms with Crippen molar-refractivity contribution in [3.05, 3.63) is 23.8 Å². The summed E-state index contributed by atoms with van der Waals surface area (Å²) >= 11 is 0. The molecule has 0 amide bonds. The lowest BCUT2D eigenvalue weighted by Gasteiger charge is -2.38. The van der Waals surface area contributed by atoms with Crippen molar-refractivity contribution in [2.24, 2.45) is 17.3 Å². The van der Waals surface area contributed by atoms with Gasteiger partial charge in [-0.05, 0) is 42.1 Å². The number of allylic oxidation sites excluding steroid dienone is 3. The Morgan fingerprint density at radius 3 is 2.77 bits per heavy atom. The van der Waals surface area contributed by atoms with Gasteiger partial charge in [0.2, 0.25) is 0 Å². The van der Waals surface area contributed by atoms with Crippen LogP contribution in [-0.4, -0.2) is 0 Å². The van der Waals surface area contributed by atoms with E-state index in [9.17, 15) is 0 Å². The fraction of sp³-hybridized carbons (Fsp3) is 0.692. The molecule has 0 spiro atoms. The van der Waals surface area contributed by atoms with E-state index >= 15 is 0 Å². The van der Waals surface area contributed by atoms with Gasteiger partial charge in [0, 0.05) is 0 Å². The zero-order valence-electron chi connectivity index (χ0n) is 9.06. The predicted octanol–water partition coefficient (Wildman–Crippen LogP) is 3.95. The lowest BCUT2D eigenvalue weighted by atomic mass is 9.66. The quantitative estimate of drug-likeness (QED) is 0.524. The van der Waals surface area contributed by atoms with E-state index in [1.165, 1.54) is 24.8 Å². The monoisotopic (exact) mass is 176 g/mol. The highest BCUT2D eigenvalue weighted by Crippen LogP contribution is 2.53. The Morgan fingerprint density at radius 2 is 2.15 bits per heavy atom. The third kappa shape index (κ3) is 1.27. The van der Waals surface area contributed by atoms with E-state index in [0.717, 1.165) is 11.8 Å². The Hall–Kier alpha value is -0.520. The van der Waals surface area contributed by atoms with E-state index in [-0.39, 0.29) is 0 Å². The van der Waals surface area contributed by atoms with Crippen LogP contribution in [0.15, 0.2) is 23.8 Å². The van der Waals surface area contributed by atoms with Crippen LogP contribution in [0.5, 0.6) is 0 Å². The Bertz CT molecular complexity index is 268. The average Bonchev–Trinajstić information content (AvgIpc) is 2.27. The molecule has 13 heavy (non-hydrogen) atoms. The Kier molecular flexibility index (Phi) is 1.90. The molecule has 0 aromatic rings. The molecule has 2 aliphatic rings. The maximum absolute atomic E-state index is 4.19. The first kappa shape index (κ1) is 9.05. The van der Waals surface area contributed by atoms with E-state index in [4.69, 9.17) is 0 Å². The maximum Gasteiger partial charge on any atom is -0.00823 e. The number of hydrogen-bond acceptors (Lipinski definition) is 0. The molecule has 0 aromatic heterocycles. The summed E-state index contributed by atoms with van der Waals surface area (Å²) in [5, 5.41) is 0. The highest BCUT2D eigenvalue weighted by atomic mass is 14.5.